The molecule has 0 spiro atoms. The van der Waals surface area contributed by atoms with Crippen molar-refractivity contribution in [3.63, 3.8) is 0 Å². The number of carbonyl (C=O) groups excluding carboxylic acids is 4. The van der Waals surface area contributed by atoms with Gasteiger partial charge in [0.25, 0.3) is 5.91 Å². The minimum atomic E-state index is -2.79. The van der Waals surface area contributed by atoms with Crippen molar-refractivity contribution >= 4 is 34.8 Å². The number of rotatable bonds is 12. The molecule has 0 aliphatic carbocycles. The van der Waals surface area contributed by atoms with Crippen LogP contribution in [-0.2, 0) is 19.1 Å². The molecule has 2 saturated heterocycles. The number of nitrogens with one attached hydrogen (secondary N) is 4. The monoisotopic (exact) mass is 844 g/mol. The molecule has 4 atom stereocenters. The van der Waals surface area contributed by atoms with Gasteiger partial charge >= 0.3 is 12.2 Å². The number of carbonyl (C=O) groups is 4. The van der Waals surface area contributed by atoms with Crippen molar-refractivity contribution < 1.29 is 37.4 Å². The van der Waals surface area contributed by atoms with E-state index in [4.69, 9.17) is 9.72 Å². The first kappa shape index (κ1) is 41.6. The second kappa shape index (κ2) is 18.3. The van der Waals surface area contributed by atoms with Crippen molar-refractivity contribution in [2.24, 2.45) is 0 Å². The number of halogens is 2. The van der Waals surface area contributed by atoms with Crippen molar-refractivity contribution in [3.05, 3.63) is 121 Å². The van der Waals surface area contributed by atoms with Gasteiger partial charge in [-0.25, -0.2) is 28.3 Å². The van der Waals surface area contributed by atoms with Crippen molar-refractivity contribution in [1.82, 2.24) is 40.4 Å². The van der Waals surface area contributed by atoms with Gasteiger partial charge in [0.05, 0.1) is 50.1 Å². The zero-order chi connectivity index (χ0) is 43.3. The summed E-state index contributed by atoms with van der Waals surface area (Å²) >= 11 is 0. The number of aromatic nitrogens is 4. The van der Waals surface area contributed by atoms with Crippen LogP contribution in [0.4, 0.5) is 18.4 Å². The maximum Gasteiger partial charge on any atom is 0.407 e. The van der Waals surface area contributed by atoms with Crippen molar-refractivity contribution in [1.29, 1.82) is 0 Å². The molecule has 4 aromatic carbocycles. The first-order valence-electron chi connectivity index (χ1n) is 20.5. The van der Waals surface area contributed by atoms with Gasteiger partial charge in [0.2, 0.25) is 12.3 Å². The topological polar surface area (TPSA) is 175 Å². The molecule has 320 valence electrons. The number of methoxy groups -OCH3 is 2. The summed E-state index contributed by atoms with van der Waals surface area (Å²) in [5, 5.41) is 7.01. The van der Waals surface area contributed by atoms with Gasteiger partial charge in [-0.3, -0.25) is 9.59 Å². The predicted molar refractivity (Wildman–Crippen MR) is 227 cm³/mol. The molecular weight excluding hydrogens is 799 g/mol. The number of nitrogens with zero attached hydrogens (tertiary/aromatic N) is 4. The smallest absolute Gasteiger partial charge is 0.407 e. The highest BCUT2D eigenvalue weighted by molar-refractivity contribution is 5.91. The van der Waals surface area contributed by atoms with E-state index < -0.39 is 49.1 Å². The summed E-state index contributed by atoms with van der Waals surface area (Å²) in [5.41, 5.74) is 6.15. The number of alkyl halides is 2. The number of benzene rings is 4. The van der Waals surface area contributed by atoms with E-state index >= 15 is 0 Å². The quantitative estimate of drug-likeness (QED) is 0.0957. The van der Waals surface area contributed by atoms with Crippen molar-refractivity contribution in [2.45, 2.75) is 62.7 Å². The third-order valence-electron chi connectivity index (χ3n) is 11.6. The van der Waals surface area contributed by atoms with Crippen LogP contribution in [0.1, 0.15) is 67.4 Å². The van der Waals surface area contributed by atoms with Gasteiger partial charge in [-0.15, -0.1) is 0 Å². The highest BCUT2D eigenvalue weighted by Gasteiger charge is 2.39. The molecule has 4 N–H and O–H groups in total. The Bertz CT molecular complexity index is 2560. The molecule has 0 saturated carbocycles. The molecule has 0 unspecified atom stereocenters. The number of hydrogen-bond acceptors (Lipinski definition) is 8. The average Bonchev–Trinajstić information content (AvgIpc) is 4.15. The fourth-order valence-corrected chi connectivity index (χ4v) is 8.45. The molecule has 16 heteroatoms. The Morgan fingerprint density at radius 1 is 0.677 bits per heavy atom. The number of alkyl carbamates (subject to hydrolysis) is 2. The first-order valence-corrected chi connectivity index (χ1v) is 20.5. The Morgan fingerprint density at radius 2 is 1.19 bits per heavy atom. The van der Waals surface area contributed by atoms with Crippen LogP contribution in [0.2, 0.25) is 0 Å². The van der Waals surface area contributed by atoms with E-state index in [0.717, 1.165) is 64.4 Å². The van der Waals surface area contributed by atoms with E-state index in [2.05, 4.69) is 66.7 Å². The molecule has 2 fully saturated rings. The van der Waals surface area contributed by atoms with Crippen LogP contribution in [-0.4, -0.2) is 93.5 Å². The number of imidazole rings is 2. The molecule has 8 rings (SSSR count). The summed E-state index contributed by atoms with van der Waals surface area (Å²) in [6.45, 7) is 0.890. The lowest BCUT2D eigenvalue weighted by molar-refractivity contribution is -0.135. The van der Waals surface area contributed by atoms with E-state index in [-0.39, 0.29) is 11.9 Å². The lowest BCUT2D eigenvalue weighted by Gasteiger charge is -2.28. The second-order valence-electron chi connectivity index (χ2n) is 15.4. The molecule has 6 aromatic rings. The molecule has 2 aliphatic rings. The number of likely N-dealkylation sites (tertiary alicyclic amines) is 2. The SMILES string of the molecule is COC(=O)N[C@H](CC(F)F)C(=O)N1CCC[C@H]1c1ncc(-c2ccc3cc(-c4ccc(-c5cnc([C@@H]6CCCN6C(=O)[C@H](NC(=O)OC)c6ccccc6)[nH]5)cc4)ccc3c2)[nH]1. The molecule has 4 amide bonds. The maximum atomic E-state index is 13.9. The first-order chi connectivity index (χ1) is 30.1. The maximum absolute atomic E-state index is 13.9. The fourth-order valence-electron chi connectivity index (χ4n) is 8.45. The second-order valence-corrected chi connectivity index (χ2v) is 15.4. The minimum absolute atomic E-state index is 0.228. The highest BCUT2D eigenvalue weighted by atomic mass is 19.3. The van der Waals surface area contributed by atoms with Gasteiger partial charge in [0.1, 0.15) is 23.7 Å². The number of ether oxygens (including phenoxy) is 2. The van der Waals surface area contributed by atoms with Crippen molar-refractivity contribution in [3.8, 4) is 33.6 Å². The van der Waals surface area contributed by atoms with E-state index in [9.17, 15) is 28.0 Å². The third-order valence-corrected chi connectivity index (χ3v) is 11.6. The van der Waals surface area contributed by atoms with Gasteiger partial charge < -0.3 is 39.9 Å². The molecule has 14 nitrogen and oxygen atoms in total. The van der Waals surface area contributed by atoms with Gasteiger partial charge in [0, 0.05) is 25.1 Å². The largest absolute Gasteiger partial charge is 0.453 e. The number of aromatic amines is 2. The Kier molecular flexibility index (Phi) is 12.3. The third kappa shape index (κ3) is 8.85. The number of amides is 4. The lowest BCUT2D eigenvalue weighted by atomic mass is 9.98. The molecule has 62 heavy (non-hydrogen) atoms. The Balaban J connectivity index is 0.940. The lowest BCUT2D eigenvalue weighted by Crippen LogP contribution is -2.49. The summed E-state index contributed by atoms with van der Waals surface area (Å²) in [4.78, 5) is 70.6. The van der Waals surface area contributed by atoms with Crippen LogP contribution in [0.25, 0.3) is 44.4 Å². The number of hydrogen-bond donors (Lipinski definition) is 4. The highest BCUT2D eigenvalue weighted by Crippen LogP contribution is 2.36. The normalized spacial score (nSPS) is 17.2. The van der Waals surface area contributed by atoms with Gasteiger partial charge in [-0.2, -0.15) is 0 Å². The van der Waals surface area contributed by atoms with Gasteiger partial charge in [-0.1, -0.05) is 78.9 Å². The summed E-state index contributed by atoms with van der Waals surface area (Å²) in [7, 11) is 2.38. The zero-order valence-corrected chi connectivity index (χ0v) is 34.1. The average molecular weight is 845 g/mol. The number of fused-ring (bicyclic) bond motifs is 1. The molecular formula is C46H46F2N8O6. The van der Waals surface area contributed by atoms with Crippen LogP contribution in [0, 0.1) is 0 Å². The Morgan fingerprint density at radius 3 is 1.79 bits per heavy atom. The molecule has 2 aliphatic heterocycles. The van der Waals surface area contributed by atoms with Crippen LogP contribution in [0.5, 0.6) is 0 Å². The van der Waals surface area contributed by atoms with Gasteiger partial charge in [-0.05, 0) is 70.8 Å². The van der Waals surface area contributed by atoms with Crippen LogP contribution < -0.4 is 10.6 Å². The Hall–Kier alpha value is -7.10. The molecule has 0 radical (unpaired) electrons. The Labute approximate surface area is 356 Å². The summed E-state index contributed by atoms with van der Waals surface area (Å²) in [5.74, 6) is 0.395. The van der Waals surface area contributed by atoms with E-state index in [0.29, 0.717) is 43.1 Å². The van der Waals surface area contributed by atoms with Crippen LogP contribution in [0.3, 0.4) is 0 Å². The molecule has 4 heterocycles. The summed E-state index contributed by atoms with van der Waals surface area (Å²) in [6, 6.07) is 26.6. The van der Waals surface area contributed by atoms with Crippen molar-refractivity contribution in [2.75, 3.05) is 27.3 Å². The van der Waals surface area contributed by atoms with E-state index in [1.54, 1.807) is 29.4 Å². The minimum Gasteiger partial charge on any atom is -0.453 e. The fraction of sp³-hybridized carbons (Fsp3) is 0.304. The zero-order valence-electron chi connectivity index (χ0n) is 34.1. The summed E-state index contributed by atoms with van der Waals surface area (Å²) in [6.07, 6.45) is 1.04. The van der Waals surface area contributed by atoms with Crippen LogP contribution in [0.15, 0.2) is 103 Å². The predicted octanol–water partition coefficient (Wildman–Crippen LogP) is 8.09. The standard InChI is InChI=1S/C46H46F2N8O6/c1-61-45(59)53-34(24-39(47)48)43(57)55-20-6-10-37(55)41-50-26-36(52-41)33-19-18-31-22-30(16-17-32(31)23-33)27-12-14-28(15-13-27)35-25-49-42(51-35)38-11-7-21-56(38)44(58)40(54-46(60)62-2)29-8-4-3-5-9-29/h3-5,8-9,12-19,22-23,25-26,34,37-40H,6-7,10-11,20-21,24H2,1-2H3,(H,49,51)(H,50,52)(H,53,59)(H,54,60)/t34-,37+,38+,40-/m1/s1. The molecule has 0 bridgehead atoms. The van der Waals surface area contributed by atoms with E-state index in [1.165, 1.54) is 12.0 Å². The van der Waals surface area contributed by atoms with Crippen LogP contribution >= 0.6 is 0 Å². The van der Waals surface area contributed by atoms with Gasteiger partial charge in [0.15, 0.2) is 0 Å². The molecule has 2 aromatic heterocycles. The summed E-state index contributed by atoms with van der Waals surface area (Å²) < 4.78 is 36.1. The number of H-pyrrole nitrogens is 2. The van der Waals surface area contributed by atoms with E-state index in [1.807, 2.05) is 42.5 Å².